The van der Waals surface area contributed by atoms with E-state index in [0.717, 1.165) is 25.7 Å². The molecule has 0 aromatic carbocycles. The molecule has 1 saturated carbocycles. The van der Waals surface area contributed by atoms with Gasteiger partial charge in [-0.1, -0.05) is 19.8 Å². The van der Waals surface area contributed by atoms with E-state index in [2.05, 4.69) is 5.32 Å². The second kappa shape index (κ2) is 8.64. The van der Waals surface area contributed by atoms with Crippen LogP contribution in [0.15, 0.2) is 0 Å². The molecule has 21 heavy (non-hydrogen) atoms. The molecule has 1 aliphatic carbocycles. The fourth-order valence-electron chi connectivity index (χ4n) is 2.76. The van der Waals surface area contributed by atoms with Crippen molar-refractivity contribution in [3.63, 3.8) is 0 Å². The number of carbonyl (C=O) groups is 3. The van der Waals surface area contributed by atoms with Crippen molar-refractivity contribution in [3.05, 3.63) is 0 Å². The van der Waals surface area contributed by atoms with E-state index in [1.807, 2.05) is 0 Å². The highest BCUT2D eigenvalue weighted by atomic mass is 16.5. The van der Waals surface area contributed by atoms with Crippen molar-refractivity contribution < 1.29 is 24.2 Å². The molecule has 1 rings (SSSR count). The number of rotatable bonds is 8. The Morgan fingerprint density at radius 1 is 1.29 bits per heavy atom. The standard InChI is InChI=1S/C15H25NO5/c1-3-21-13(18)8-10(2)14(15(19)20)16-12(17)9-11-6-4-5-7-11/h10-11,14H,3-9H2,1-2H3,(H,16,17)(H,19,20)/t10-,14+/m1/s1. The van der Waals surface area contributed by atoms with Crippen LogP contribution >= 0.6 is 0 Å². The quantitative estimate of drug-likeness (QED) is 0.666. The number of esters is 1. The third-order valence-electron chi connectivity index (χ3n) is 3.89. The minimum atomic E-state index is -1.12. The average molecular weight is 299 g/mol. The van der Waals surface area contributed by atoms with Gasteiger partial charge in [0.1, 0.15) is 6.04 Å². The molecule has 0 aromatic rings. The molecule has 1 aliphatic rings. The summed E-state index contributed by atoms with van der Waals surface area (Å²) in [6, 6.07) is -1.05. The van der Waals surface area contributed by atoms with Gasteiger partial charge in [-0.2, -0.15) is 0 Å². The van der Waals surface area contributed by atoms with Gasteiger partial charge in [0.25, 0.3) is 0 Å². The second-order valence-corrected chi connectivity index (χ2v) is 5.72. The van der Waals surface area contributed by atoms with Gasteiger partial charge in [0.05, 0.1) is 13.0 Å². The van der Waals surface area contributed by atoms with Crippen molar-refractivity contribution in [3.8, 4) is 0 Å². The molecule has 0 heterocycles. The minimum Gasteiger partial charge on any atom is -0.480 e. The van der Waals surface area contributed by atoms with Crippen LogP contribution in [0, 0.1) is 11.8 Å². The third-order valence-corrected chi connectivity index (χ3v) is 3.89. The van der Waals surface area contributed by atoms with Crippen LogP contribution in [0.5, 0.6) is 0 Å². The van der Waals surface area contributed by atoms with Crippen LogP contribution in [0.4, 0.5) is 0 Å². The SMILES string of the molecule is CCOC(=O)C[C@@H](C)[C@H](NC(=O)CC1CCCC1)C(=O)O. The molecule has 0 bridgehead atoms. The van der Waals surface area contributed by atoms with E-state index in [1.165, 1.54) is 0 Å². The molecule has 0 radical (unpaired) electrons. The number of amides is 1. The Balaban J connectivity index is 2.49. The highest BCUT2D eigenvalue weighted by molar-refractivity contribution is 5.84. The minimum absolute atomic E-state index is 0.0193. The zero-order valence-corrected chi connectivity index (χ0v) is 12.8. The zero-order valence-electron chi connectivity index (χ0n) is 12.8. The number of hydrogen-bond acceptors (Lipinski definition) is 4. The smallest absolute Gasteiger partial charge is 0.326 e. The summed E-state index contributed by atoms with van der Waals surface area (Å²) in [6.45, 7) is 3.59. The van der Waals surface area contributed by atoms with Gasteiger partial charge in [0.2, 0.25) is 5.91 Å². The summed E-state index contributed by atoms with van der Waals surface area (Å²) >= 11 is 0. The number of aliphatic carboxylic acids is 1. The first kappa shape index (κ1) is 17.5. The molecule has 0 spiro atoms. The first-order valence-electron chi connectivity index (χ1n) is 7.61. The van der Waals surface area contributed by atoms with Gasteiger partial charge in [-0.15, -0.1) is 0 Å². The summed E-state index contributed by atoms with van der Waals surface area (Å²) in [5.74, 6) is -1.95. The average Bonchev–Trinajstić information content (AvgIpc) is 2.88. The van der Waals surface area contributed by atoms with Crippen molar-refractivity contribution >= 4 is 17.8 Å². The summed E-state index contributed by atoms with van der Waals surface area (Å²) in [4.78, 5) is 34.6. The molecule has 6 nitrogen and oxygen atoms in total. The van der Waals surface area contributed by atoms with Crippen molar-refractivity contribution in [2.75, 3.05) is 6.61 Å². The number of carbonyl (C=O) groups excluding carboxylic acids is 2. The number of hydrogen-bond donors (Lipinski definition) is 2. The summed E-state index contributed by atoms with van der Waals surface area (Å²) < 4.78 is 4.81. The highest BCUT2D eigenvalue weighted by Gasteiger charge is 2.29. The fraction of sp³-hybridized carbons (Fsp3) is 0.800. The summed E-state index contributed by atoms with van der Waals surface area (Å²) in [5.41, 5.74) is 0. The predicted molar refractivity (Wildman–Crippen MR) is 76.6 cm³/mol. The summed E-state index contributed by atoms with van der Waals surface area (Å²) in [5, 5.41) is 11.8. The van der Waals surface area contributed by atoms with Crippen molar-refractivity contribution in [2.24, 2.45) is 11.8 Å². The van der Waals surface area contributed by atoms with Crippen LogP contribution in [0.25, 0.3) is 0 Å². The first-order valence-corrected chi connectivity index (χ1v) is 7.61. The lowest BCUT2D eigenvalue weighted by molar-refractivity contribution is -0.147. The van der Waals surface area contributed by atoms with Crippen LogP contribution in [0.2, 0.25) is 0 Å². The van der Waals surface area contributed by atoms with Crippen molar-refractivity contribution in [1.29, 1.82) is 0 Å². The molecule has 0 aromatic heterocycles. The molecule has 6 heteroatoms. The number of ether oxygens (including phenoxy) is 1. The summed E-state index contributed by atoms with van der Waals surface area (Å²) in [6.07, 6.45) is 4.69. The molecular formula is C15H25NO5. The third kappa shape index (κ3) is 6.14. The number of carboxylic acid groups (broad SMARTS) is 1. The Bertz CT molecular complexity index is 376. The van der Waals surface area contributed by atoms with Gasteiger partial charge in [-0.3, -0.25) is 9.59 Å². The van der Waals surface area contributed by atoms with Gasteiger partial charge in [-0.25, -0.2) is 4.79 Å². The maximum Gasteiger partial charge on any atom is 0.326 e. The Kier molecular flexibility index (Phi) is 7.19. The maximum absolute atomic E-state index is 11.9. The van der Waals surface area contributed by atoms with E-state index in [1.54, 1.807) is 13.8 Å². The van der Waals surface area contributed by atoms with Gasteiger partial charge in [0, 0.05) is 6.42 Å². The van der Waals surface area contributed by atoms with Gasteiger partial charge >= 0.3 is 11.9 Å². The molecule has 0 saturated heterocycles. The van der Waals surface area contributed by atoms with Gasteiger partial charge < -0.3 is 15.2 Å². The molecular weight excluding hydrogens is 274 g/mol. The van der Waals surface area contributed by atoms with Gasteiger partial charge in [0.15, 0.2) is 0 Å². The first-order chi connectivity index (χ1) is 9.93. The van der Waals surface area contributed by atoms with Crippen LogP contribution < -0.4 is 5.32 Å². The Hall–Kier alpha value is -1.59. The highest BCUT2D eigenvalue weighted by Crippen LogP contribution is 2.27. The molecule has 1 fully saturated rings. The van der Waals surface area contributed by atoms with Crippen LogP contribution in [-0.2, 0) is 19.1 Å². The van der Waals surface area contributed by atoms with E-state index in [-0.39, 0.29) is 18.9 Å². The molecule has 2 atom stereocenters. The topological polar surface area (TPSA) is 92.7 Å². The second-order valence-electron chi connectivity index (χ2n) is 5.72. The Morgan fingerprint density at radius 2 is 1.90 bits per heavy atom. The monoisotopic (exact) mass is 299 g/mol. The van der Waals surface area contributed by atoms with E-state index < -0.39 is 23.9 Å². The van der Waals surface area contributed by atoms with E-state index in [0.29, 0.717) is 12.3 Å². The molecule has 0 aliphatic heterocycles. The van der Waals surface area contributed by atoms with Crippen molar-refractivity contribution in [1.82, 2.24) is 5.32 Å². The lowest BCUT2D eigenvalue weighted by Crippen LogP contribution is -2.46. The fourth-order valence-corrected chi connectivity index (χ4v) is 2.76. The Morgan fingerprint density at radius 3 is 2.43 bits per heavy atom. The number of nitrogens with one attached hydrogen (secondary N) is 1. The molecule has 1 amide bonds. The lowest BCUT2D eigenvalue weighted by Gasteiger charge is -2.21. The lowest BCUT2D eigenvalue weighted by atomic mass is 9.97. The molecule has 120 valence electrons. The molecule has 0 unspecified atom stereocenters. The summed E-state index contributed by atoms with van der Waals surface area (Å²) in [7, 11) is 0. The predicted octanol–water partition coefficient (Wildman–Crippen LogP) is 1.73. The van der Waals surface area contributed by atoms with Crippen molar-refractivity contribution in [2.45, 2.75) is 58.4 Å². The normalized spacial score (nSPS) is 18.0. The van der Waals surface area contributed by atoms with Gasteiger partial charge in [-0.05, 0) is 31.6 Å². The van der Waals surface area contributed by atoms with E-state index >= 15 is 0 Å². The number of carboxylic acids is 1. The zero-order chi connectivity index (χ0) is 15.8. The Labute approximate surface area is 125 Å². The maximum atomic E-state index is 11.9. The largest absolute Gasteiger partial charge is 0.480 e. The van der Waals surface area contributed by atoms with Crippen LogP contribution in [0.3, 0.4) is 0 Å². The van der Waals surface area contributed by atoms with E-state index in [9.17, 15) is 19.5 Å². The van der Waals surface area contributed by atoms with Crippen LogP contribution in [0.1, 0.15) is 52.4 Å². The van der Waals surface area contributed by atoms with E-state index in [4.69, 9.17) is 4.74 Å². The van der Waals surface area contributed by atoms with Crippen LogP contribution in [-0.4, -0.2) is 35.6 Å². The molecule has 2 N–H and O–H groups in total.